The molecule has 0 spiro atoms. The number of rotatable bonds is 5. The molecular formula is C13H20O3. The molecule has 0 heterocycles. The molecule has 2 unspecified atom stereocenters. The second-order valence-electron chi connectivity index (χ2n) is 4.35. The van der Waals surface area contributed by atoms with Crippen molar-refractivity contribution >= 4 is 0 Å². The topological polar surface area (TPSA) is 49.7 Å². The van der Waals surface area contributed by atoms with Crippen LogP contribution in [0.25, 0.3) is 0 Å². The predicted molar refractivity (Wildman–Crippen MR) is 63.5 cm³/mol. The van der Waals surface area contributed by atoms with E-state index in [9.17, 15) is 10.2 Å². The molecule has 0 aliphatic rings. The number of para-hydroxylation sites is 1. The quantitative estimate of drug-likeness (QED) is 0.806. The van der Waals surface area contributed by atoms with Gasteiger partial charge in [-0.3, -0.25) is 0 Å². The Morgan fingerprint density at radius 2 is 2.00 bits per heavy atom. The van der Waals surface area contributed by atoms with E-state index in [1.807, 2.05) is 25.1 Å². The smallest absolute Gasteiger partial charge is 0.125 e. The van der Waals surface area contributed by atoms with Gasteiger partial charge in [0, 0.05) is 5.56 Å². The lowest BCUT2D eigenvalue weighted by atomic mass is 10.1. The van der Waals surface area contributed by atoms with Gasteiger partial charge < -0.3 is 14.9 Å². The van der Waals surface area contributed by atoms with Crippen LogP contribution in [-0.2, 0) is 0 Å². The van der Waals surface area contributed by atoms with E-state index in [4.69, 9.17) is 4.74 Å². The van der Waals surface area contributed by atoms with Crippen molar-refractivity contribution in [1.82, 2.24) is 0 Å². The van der Waals surface area contributed by atoms with Gasteiger partial charge in [-0.15, -0.1) is 0 Å². The third-order valence-corrected chi connectivity index (χ3v) is 2.67. The molecule has 0 saturated heterocycles. The van der Waals surface area contributed by atoms with E-state index in [2.05, 4.69) is 0 Å². The van der Waals surface area contributed by atoms with Gasteiger partial charge >= 0.3 is 0 Å². The maximum atomic E-state index is 9.83. The van der Waals surface area contributed by atoms with Crippen molar-refractivity contribution in [2.45, 2.75) is 38.9 Å². The summed E-state index contributed by atoms with van der Waals surface area (Å²) in [7, 11) is 0. The normalized spacial score (nSPS) is 16.6. The van der Waals surface area contributed by atoms with Crippen LogP contribution in [0, 0.1) is 0 Å². The fourth-order valence-corrected chi connectivity index (χ4v) is 1.29. The zero-order chi connectivity index (χ0) is 12.2. The Balaban J connectivity index is 2.74. The van der Waals surface area contributed by atoms with Gasteiger partial charge in [-0.05, 0) is 26.3 Å². The number of ether oxygens (including phenoxy) is 1. The first kappa shape index (κ1) is 13.0. The second kappa shape index (κ2) is 5.32. The highest BCUT2D eigenvalue weighted by Gasteiger charge is 2.19. The van der Waals surface area contributed by atoms with Gasteiger partial charge in [-0.25, -0.2) is 0 Å². The van der Waals surface area contributed by atoms with Crippen LogP contribution in [0.5, 0.6) is 5.75 Å². The molecular weight excluding hydrogens is 204 g/mol. The van der Waals surface area contributed by atoms with Gasteiger partial charge in [-0.1, -0.05) is 25.1 Å². The summed E-state index contributed by atoms with van der Waals surface area (Å²) in [5, 5.41) is 19.4. The van der Waals surface area contributed by atoms with Crippen LogP contribution in [-0.4, -0.2) is 22.4 Å². The van der Waals surface area contributed by atoms with E-state index in [1.54, 1.807) is 19.9 Å². The van der Waals surface area contributed by atoms with Gasteiger partial charge in [0.25, 0.3) is 0 Å². The zero-order valence-corrected chi connectivity index (χ0v) is 10.1. The molecule has 0 radical (unpaired) electrons. The van der Waals surface area contributed by atoms with Gasteiger partial charge in [0.1, 0.15) is 12.4 Å². The standard InChI is InChI=1S/C13H20O3/c1-4-13(3,15)9-16-12-8-6-5-7-11(12)10(2)14/h5-8,10,14-15H,4,9H2,1-3H3. The van der Waals surface area contributed by atoms with Crippen LogP contribution >= 0.6 is 0 Å². The molecule has 1 aromatic carbocycles. The summed E-state index contributed by atoms with van der Waals surface area (Å²) < 4.78 is 5.54. The maximum Gasteiger partial charge on any atom is 0.125 e. The zero-order valence-electron chi connectivity index (χ0n) is 10.1. The molecule has 0 fully saturated rings. The maximum absolute atomic E-state index is 9.83. The summed E-state index contributed by atoms with van der Waals surface area (Å²) in [5.41, 5.74) is -0.0828. The highest BCUT2D eigenvalue weighted by Crippen LogP contribution is 2.25. The first-order valence-electron chi connectivity index (χ1n) is 5.58. The molecule has 0 aliphatic heterocycles. The molecule has 16 heavy (non-hydrogen) atoms. The minimum Gasteiger partial charge on any atom is -0.490 e. The van der Waals surface area contributed by atoms with Crippen LogP contribution in [0.4, 0.5) is 0 Å². The van der Waals surface area contributed by atoms with Crippen molar-refractivity contribution in [3.8, 4) is 5.75 Å². The minimum atomic E-state index is -0.828. The summed E-state index contributed by atoms with van der Waals surface area (Å²) in [6.07, 6.45) is 0.0619. The van der Waals surface area contributed by atoms with Crippen molar-refractivity contribution in [3.63, 3.8) is 0 Å². The molecule has 1 aromatic rings. The highest BCUT2D eigenvalue weighted by atomic mass is 16.5. The molecule has 0 aromatic heterocycles. The van der Waals surface area contributed by atoms with Crippen molar-refractivity contribution in [3.05, 3.63) is 29.8 Å². The minimum absolute atomic E-state index is 0.229. The predicted octanol–water partition coefficient (Wildman–Crippen LogP) is 2.28. The Labute approximate surface area is 96.7 Å². The Hall–Kier alpha value is -1.06. The third kappa shape index (κ3) is 3.51. The van der Waals surface area contributed by atoms with Crippen molar-refractivity contribution in [2.75, 3.05) is 6.61 Å². The van der Waals surface area contributed by atoms with Crippen LogP contribution < -0.4 is 4.74 Å². The molecule has 2 N–H and O–H groups in total. The molecule has 0 bridgehead atoms. The Morgan fingerprint density at radius 1 is 1.38 bits per heavy atom. The lowest BCUT2D eigenvalue weighted by Crippen LogP contribution is -2.31. The Bertz CT molecular complexity index is 332. The number of aliphatic hydroxyl groups excluding tert-OH is 1. The average Bonchev–Trinajstić information content (AvgIpc) is 2.27. The summed E-state index contributed by atoms with van der Waals surface area (Å²) in [4.78, 5) is 0. The SMILES string of the molecule is CCC(C)(O)COc1ccccc1C(C)O. The van der Waals surface area contributed by atoms with Gasteiger partial charge in [0.05, 0.1) is 11.7 Å². The summed E-state index contributed by atoms with van der Waals surface area (Å²) in [6, 6.07) is 7.32. The summed E-state index contributed by atoms with van der Waals surface area (Å²) in [6.45, 7) is 5.56. The highest BCUT2D eigenvalue weighted by molar-refractivity contribution is 5.34. The van der Waals surface area contributed by atoms with E-state index in [-0.39, 0.29) is 6.61 Å². The van der Waals surface area contributed by atoms with Crippen LogP contribution in [0.1, 0.15) is 38.9 Å². The monoisotopic (exact) mass is 224 g/mol. The fourth-order valence-electron chi connectivity index (χ4n) is 1.29. The molecule has 90 valence electrons. The van der Waals surface area contributed by atoms with Gasteiger partial charge in [-0.2, -0.15) is 0 Å². The summed E-state index contributed by atoms with van der Waals surface area (Å²) >= 11 is 0. The average molecular weight is 224 g/mol. The summed E-state index contributed by atoms with van der Waals surface area (Å²) in [5.74, 6) is 0.631. The first-order chi connectivity index (χ1) is 7.46. The number of hydrogen-bond donors (Lipinski definition) is 2. The molecule has 0 aliphatic carbocycles. The molecule has 3 nitrogen and oxygen atoms in total. The lowest BCUT2D eigenvalue weighted by molar-refractivity contribution is 0.00746. The van der Waals surface area contributed by atoms with Crippen molar-refractivity contribution in [1.29, 1.82) is 0 Å². The second-order valence-corrected chi connectivity index (χ2v) is 4.35. The molecule has 0 amide bonds. The van der Waals surface area contributed by atoms with E-state index in [0.29, 0.717) is 12.2 Å². The molecule has 2 atom stereocenters. The van der Waals surface area contributed by atoms with Crippen LogP contribution in [0.3, 0.4) is 0 Å². The van der Waals surface area contributed by atoms with E-state index in [1.165, 1.54) is 0 Å². The third-order valence-electron chi connectivity index (χ3n) is 2.67. The van der Waals surface area contributed by atoms with E-state index in [0.717, 1.165) is 5.56 Å². The molecule has 3 heteroatoms. The van der Waals surface area contributed by atoms with E-state index >= 15 is 0 Å². The van der Waals surface area contributed by atoms with Crippen LogP contribution in [0.15, 0.2) is 24.3 Å². The number of hydrogen-bond acceptors (Lipinski definition) is 3. The van der Waals surface area contributed by atoms with Gasteiger partial charge in [0.2, 0.25) is 0 Å². The Morgan fingerprint density at radius 3 is 2.56 bits per heavy atom. The lowest BCUT2D eigenvalue weighted by Gasteiger charge is -2.22. The first-order valence-corrected chi connectivity index (χ1v) is 5.58. The number of benzene rings is 1. The molecule has 0 saturated carbocycles. The van der Waals surface area contributed by atoms with Crippen molar-refractivity contribution < 1.29 is 14.9 Å². The molecule has 1 rings (SSSR count). The van der Waals surface area contributed by atoms with Gasteiger partial charge in [0.15, 0.2) is 0 Å². The van der Waals surface area contributed by atoms with Crippen LogP contribution in [0.2, 0.25) is 0 Å². The largest absolute Gasteiger partial charge is 0.490 e. The van der Waals surface area contributed by atoms with Crippen molar-refractivity contribution in [2.24, 2.45) is 0 Å². The number of aliphatic hydroxyl groups is 2. The fraction of sp³-hybridized carbons (Fsp3) is 0.538. The Kier molecular flexibility index (Phi) is 4.33. The van der Waals surface area contributed by atoms with E-state index < -0.39 is 11.7 Å².